The highest BCUT2D eigenvalue weighted by Gasteiger charge is 2.29. The molecule has 3 nitrogen and oxygen atoms in total. The number of benzene rings is 2. The first-order valence-corrected chi connectivity index (χ1v) is 8.39. The lowest BCUT2D eigenvalue weighted by Gasteiger charge is -2.21. The summed E-state index contributed by atoms with van der Waals surface area (Å²) in [6, 6.07) is 15.6. The molecule has 1 saturated carbocycles. The zero-order valence-corrected chi connectivity index (χ0v) is 14.9. The third-order valence-corrected chi connectivity index (χ3v) is 4.76. The fourth-order valence-corrected chi connectivity index (χ4v) is 3.45. The van der Waals surface area contributed by atoms with Gasteiger partial charge in [-0.2, -0.15) is 0 Å². The van der Waals surface area contributed by atoms with Crippen LogP contribution in [0.3, 0.4) is 0 Å². The van der Waals surface area contributed by atoms with Crippen LogP contribution in [0.5, 0.6) is 0 Å². The minimum Gasteiger partial charge on any atom is -0.399 e. The van der Waals surface area contributed by atoms with Gasteiger partial charge in [-0.25, -0.2) is 0 Å². The Hall–Kier alpha value is -1.71. The predicted octanol–water partition coefficient (Wildman–Crippen LogP) is 4.34. The molecule has 2 atom stereocenters. The van der Waals surface area contributed by atoms with Gasteiger partial charge in [0.15, 0.2) is 0 Å². The van der Waals surface area contributed by atoms with Gasteiger partial charge in [-0.15, -0.1) is 12.4 Å². The van der Waals surface area contributed by atoms with Gasteiger partial charge in [-0.05, 0) is 48.2 Å². The van der Waals surface area contributed by atoms with Crippen LogP contribution < -0.4 is 11.1 Å². The largest absolute Gasteiger partial charge is 0.399 e. The van der Waals surface area contributed by atoms with E-state index in [0.29, 0.717) is 18.0 Å². The van der Waals surface area contributed by atoms with E-state index in [-0.39, 0.29) is 24.4 Å². The summed E-state index contributed by atoms with van der Waals surface area (Å²) in [6.07, 6.45) is 3.67. The Morgan fingerprint density at radius 1 is 1.08 bits per heavy atom. The number of nitrogen functional groups attached to an aromatic ring is 1. The standard InChI is InChI=1S/C19H21ClN2O.ClH/c20-15-8-6-14(7-9-15)17-2-1-3-18(17)22-19(23)12-13-4-10-16(21)11-5-13;/h4-11,17-18H,1-3,12,21H2,(H,22,23);1H. The second-order valence-electron chi connectivity index (χ2n) is 6.18. The topological polar surface area (TPSA) is 55.1 Å². The van der Waals surface area contributed by atoms with Gasteiger partial charge in [0.2, 0.25) is 5.91 Å². The number of anilines is 1. The van der Waals surface area contributed by atoms with Crippen molar-refractivity contribution in [2.75, 3.05) is 5.73 Å². The van der Waals surface area contributed by atoms with Crippen LogP contribution in [0, 0.1) is 0 Å². The van der Waals surface area contributed by atoms with Crippen molar-refractivity contribution < 1.29 is 4.79 Å². The SMILES string of the molecule is Cl.Nc1ccc(CC(=O)NC2CCCC2c2ccc(Cl)cc2)cc1. The number of rotatable bonds is 4. The number of hydrogen-bond donors (Lipinski definition) is 2. The summed E-state index contributed by atoms with van der Waals surface area (Å²) in [5, 5.41) is 3.95. The number of nitrogens with two attached hydrogens (primary N) is 1. The molecular formula is C19H22Cl2N2O. The quantitative estimate of drug-likeness (QED) is 0.792. The minimum absolute atomic E-state index is 0. The van der Waals surface area contributed by atoms with Crippen molar-refractivity contribution >= 4 is 35.6 Å². The Kier molecular flexibility index (Phi) is 6.52. The summed E-state index contributed by atoms with van der Waals surface area (Å²) in [6.45, 7) is 0. The van der Waals surface area contributed by atoms with E-state index >= 15 is 0 Å². The molecule has 1 fully saturated rings. The normalized spacial score (nSPS) is 19.5. The summed E-state index contributed by atoms with van der Waals surface area (Å²) in [7, 11) is 0. The Morgan fingerprint density at radius 3 is 2.42 bits per heavy atom. The maximum atomic E-state index is 12.3. The van der Waals surface area contributed by atoms with E-state index in [1.54, 1.807) is 0 Å². The number of carbonyl (C=O) groups is 1. The molecule has 2 unspecified atom stereocenters. The summed E-state index contributed by atoms with van der Waals surface area (Å²) < 4.78 is 0. The van der Waals surface area contributed by atoms with Crippen LogP contribution in [0.25, 0.3) is 0 Å². The molecule has 24 heavy (non-hydrogen) atoms. The molecule has 3 N–H and O–H groups in total. The number of halogens is 2. The average molecular weight is 365 g/mol. The molecule has 0 radical (unpaired) electrons. The van der Waals surface area contributed by atoms with E-state index in [1.165, 1.54) is 5.56 Å². The van der Waals surface area contributed by atoms with Crippen LogP contribution >= 0.6 is 24.0 Å². The fraction of sp³-hybridized carbons (Fsp3) is 0.316. The lowest BCUT2D eigenvalue weighted by Crippen LogP contribution is -2.37. The monoisotopic (exact) mass is 364 g/mol. The summed E-state index contributed by atoms with van der Waals surface area (Å²) >= 11 is 5.96. The van der Waals surface area contributed by atoms with Gasteiger partial charge in [0.25, 0.3) is 0 Å². The molecule has 0 saturated heterocycles. The minimum atomic E-state index is 0. The van der Waals surface area contributed by atoms with E-state index in [1.807, 2.05) is 36.4 Å². The van der Waals surface area contributed by atoms with Crippen molar-refractivity contribution in [3.8, 4) is 0 Å². The maximum absolute atomic E-state index is 12.3. The summed E-state index contributed by atoms with van der Waals surface area (Å²) in [5.41, 5.74) is 8.63. The highest BCUT2D eigenvalue weighted by molar-refractivity contribution is 6.30. The van der Waals surface area contributed by atoms with Gasteiger partial charge in [0, 0.05) is 22.7 Å². The molecule has 1 aliphatic rings. The number of amides is 1. The molecule has 0 heterocycles. The third-order valence-electron chi connectivity index (χ3n) is 4.50. The zero-order chi connectivity index (χ0) is 16.2. The highest BCUT2D eigenvalue weighted by atomic mass is 35.5. The van der Waals surface area contributed by atoms with Crippen LogP contribution in [0.2, 0.25) is 5.02 Å². The van der Waals surface area contributed by atoms with Crippen molar-refractivity contribution in [1.29, 1.82) is 0 Å². The van der Waals surface area contributed by atoms with E-state index in [0.717, 1.165) is 29.8 Å². The van der Waals surface area contributed by atoms with Gasteiger partial charge in [-0.1, -0.05) is 42.3 Å². The van der Waals surface area contributed by atoms with Crippen LogP contribution in [0.4, 0.5) is 5.69 Å². The first-order valence-electron chi connectivity index (χ1n) is 8.01. The Balaban J connectivity index is 0.00000208. The Labute approximate surface area is 154 Å². The second-order valence-corrected chi connectivity index (χ2v) is 6.62. The molecule has 1 aliphatic carbocycles. The molecule has 2 aromatic carbocycles. The van der Waals surface area contributed by atoms with Crippen LogP contribution in [0.15, 0.2) is 48.5 Å². The number of nitrogens with one attached hydrogen (secondary N) is 1. The molecule has 2 aromatic rings. The highest BCUT2D eigenvalue weighted by Crippen LogP contribution is 2.35. The smallest absolute Gasteiger partial charge is 0.224 e. The molecular weight excluding hydrogens is 343 g/mol. The van der Waals surface area contributed by atoms with Crippen molar-refractivity contribution in [3.05, 3.63) is 64.7 Å². The van der Waals surface area contributed by atoms with Gasteiger partial charge >= 0.3 is 0 Å². The maximum Gasteiger partial charge on any atom is 0.224 e. The average Bonchev–Trinajstić information content (AvgIpc) is 2.98. The predicted molar refractivity (Wildman–Crippen MR) is 102 cm³/mol. The molecule has 5 heteroatoms. The van der Waals surface area contributed by atoms with Crippen molar-refractivity contribution in [2.45, 2.75) is 37.6 Å². The zero-order valence-electron chi connectivity index (χ0n) is 13.4. The van der Waals surface area contributed by atoms with Crippen LogP contribution in [-0.4, -0.2) is 11.9 Å². The summed E-state index contributed by atoms with van der Waals surface area (Å²) in [4.78, 5) is 12.3. The molecule has 0 bridgehead atoms. The van der Waals surface area contributed by atoms with E-state index in [4.69, 9.17) is 17.3 Å². The molecule has 3 rings (SSSR count). The lowest BCUT2D eigenvalue weighted by atomic mass is 9.94. The number of carbonyl (C=O) groups excluding carboxylic acids is 1. The van der Waals surface area contributed by atoms with Gasteiger partial charge in [0.05, 0.1) is 6.42 Å². The van der Waals surface area contributed by atoms with E-state index < -0.39 is 0 Å². The molecule has 128 valence electrons. The molecule has 0 aliphatic heterocycles. The molecule has 1 amide bonds. The molecule has 0 aromatic heterocycles. The third kappa shape index (κ3) is 4.65. The van der Waals surface area contributed by atoms with Crippen molar-refractivity contribution in [2.24, 2.45) is 0 Å². The summed E-state index contributed by atoms with van der Waals surface area (Å²) in [5.74, 6) is 0.447. The first-order chi connectivity index (χ1) is 11.1. The van der Waals surface area contributed by atoms with E-state index in [2.05, 4.69) is 17.4 Å². The first kappa shape index (κ1) is 18.6. The Bertz CT molecular complexity index is 671. The van der Waals surface area contributed by atoms with Crippen molar-refractivity contribution in [1.82, 2.24) is 5.32 Å². The van der Waals surface area contributed by atoms with Crippen LogP contribution in [-0.2, 0) is 11.2 Å². The second kappa shape index (κ2) is 8.41. The fourth-order valence-electron chi connectivity index (χ4n) is 3.32. The van der Waals surface area contributed by atoms with Gasteiger partial charge in [0.1, 0.15) is 0 Å². The van der Waals surface area contributed by atoms with Gasteiger partial charge < -0.3 is 11.1 Å². The Morgan fingerprint density at radius 2 is 1.75 bits per heavy atom. The van der Waals surface area contributed by atoms with E-state index in [9.17, 15) is 4.79 Å². The van der Waals surface area contributed by atoms with Crippen molar-refractivity contribution in [3.63, 3.8) is 0 Å². The molecule has 0 spiro atoms. The van der Waals surface area contributed by atoms with Gasteiger partial charge in [-0.3, -0.25) is 4.79 Å². The number of hydrogen-bond acceptors (Lipinski definition) is 2. The lowest BCUT2D eigenvalue weighted by molar-refractivity contribution is -0.121. The van der Waals surface area contributed by atoms with Crippen LogP contribution in [0.1, 0.15) is 36.3 Å².